The van der Waals surface area contributed by atoms with Crippen molar-refractivity contribution < 1.29 is 22.0 Å². The quantitative estimate of drug-likeness (QED) is 0.321. The fraction of sp³-hybridized carbons (Fsp3) is 0.231. The predicted octanol–water partition coefficient (Wildman–Crippen LogP) is 4.87. The van der Waals surface area contributed by atoms with Crippen LogP contribution in [0.2, 0.25) is 0 Å². The van der Waals surface area contributed by atoms with Crippen LogP contribution in [0.3, 0.4) is 0 Å². The van der Waals surface area contributed by atoms with Crippen LogP contribution < -0.4 is 4.90 Å². The Morgan fingerprint density at radius 3 is 2.62 bits per heavy atom. The number of fused-ring (bicyclic) bond motifs is 1. The standard InChI is InChI=1S/C26H21F5N8/c27-19-3-1-16(9-20(19)28)13-37-7-8-38(15-22(37)17-10-34-35-11-17)24-5-6-32-25(36-24)21-12-33-23-4-2-18(14-39(21)23)26(29,30)31/h1-6,9-12,14,22H,7-8,13,15H2,(H,34,35). The number of H-pyrrole nitrogens is 1. The van der Waals surface area contributed by atoms with Gasteiger partial charge in [0.25, 0.3) is 0 Å². The van der Waals surface area contributed by atoms with Gasteiger partial charge in [-0.2, -0.15) is 18.3 Å². The molecule has 1 fully saturated rings. The van der Waals surface area contributed by atoms with Crippen molar-refractivity contribution in [3.8, 4) is 11.5 Å². The van der Waals surface area contributed by atoms with E-state index in [4.69, 9.17) is 0 Å². The van der Waals surface area contributed by atoms with Crippen LogP contribution in [-0.2, 0) is 12.7 Å². The first-order chi connectivity index (χ1) is 18.8. The van der Waals surface area contributed by atoms with Crippen LogP contribution in [0.5, 0.6) is 0 Å². The Labute approximate surface area is 218 Å². The molecule has 0 aliphatic carbocycles. The van der Waals surface area contributed by atoms with Crippen molar-refractivity contribution in [2.24, 2.45) is 0 Å². The van der Waals surface area contributed by atoms with Crippen LogP contribution in [0.1, 0.15) is 22.7 Å². The maximum absolute atomic E-state index is 13.8. The summed E-state index contributed by atoms with van der Waals surface area (Å²) in [5.74, 6) is -0.948. The Bertz CT molecular complexity index is 1610. The highest BCUT2D eigenvalue weighted by Crippen LogP contribution is 2.32. The molecule has 200 valence electrons. The summed E-state index contributed by atoms with van der Waals surface area (Å²) in [6.07, 6.45) is 3.00. The smallest absolute Gasteiger partial charge is 0.353 e. The molecule has 0 amide bonds. The first-order valence-corrected chi connectivity index (χ1v) is 12.1. The second-order valence-corrected chi connectivity index (χ2v) is 9.24. The Hall–Kier alpha value is -4.39. The van der Waals surface area contributed by atoms with E-state index in [-0.39, 0.29) is 11.9 Å². The first kappa shape index (κ1) is 24.9. The molecular formula is C26H21F5N8. The molecule has 8 nitrogen and oxygen atoms in total. The Morgan fingerprint density at radius 2 is 1.85 bits per heavy atom. The summed E-state index contributed by atoms with van der Waals surface area (Å²) in [5, 5.41) is 6.89. The third kappa shape index (κ3) is 4.92. The van der Waals surface area contributed by atoms with E-state index >= 15 is 0 Å². The molecule has 13 heteroatoms. The van der Waals surface area contributed by atoms with Gasteiger partial charge in [0.05, 0.1) is 24.0 Å². The molecule has 0 saturated carbocycles. The number of piperazine rings is 1. The van der Waals surface area contributed by atoms with Crippen LogP contribution in [0, 0.1) is 11.6 Å². The predicted molar refractivity (Wildman–Crippen MR) is 132 cm³/mol. The zero-order chi connectivity index (χ0) is 27.1. The molecule has 5 heterocycles. The third-order valence-electron chi connectivity index (χ3n) is 6.79. The fourth-order valence-corrected chi connectivity index (χ4v) is 4.81. The van der Waals surface area contributed by atoms with Gasteiger partial charge in [-0.1, -0.05) is 6.07 Å². The van der Waals surface area contributed by atoms with Gasteiger partial charge in [-0.25, -0.2) is 23.7 Å². The van der Waals surface area contributed by atoms with E-state index in [9.17, 15) is 22.0 Å². The maximum Gasteiger partial charge on any atom is 0.417 e. The summed E-state index contributed by atoms with van der Waals surface area (Å²) >= 11 is 0. The largest absolute Gasteiger partial charge is 0.417 e. The lowest BCUT2D eigenvalue weighted by atomic mass is 10.0. The van der Waals surface area contributed by atoms with Crippen LogP contribution in [-0.4, -0.2) is 54.1 Å². The van der Waals surface area contributed by atoms with Crippen LogP contribution in [0.15, 0.2) is 67.4 Å². The highest BCUT2D eigenvalue weighted by molar-refractivity contribution is 5.59. The molecule has 39 heavy (non-hydrogen) atoms. The topological polar surface area (TPSA) is 78.2 Å². The van der Waals surface area contributed by atoms with Gasteiger partial charge >= 0.3 is 6.18 Å². The second-order valence-electron chi connectivity index (χ2n) is 9.24. The summed E-state index contributed by atoms with van der Waals surface area (Å²) in [6, 6.07) is 7.77. The summed E-state index contributed by atoms with van der Waals surface area (Å²) in [6.45, 7) is 2.06. The van der Waals surface area contributed by atoms with Crippen LogP contribution in [0.25, 0.3) is 17.2 Å². The minimum Gasteiger partial charge on any atom is -0.353 e. The molecule has 1 saturated heterocycles. The number of alkyl halides is 3. The molecule has 0 radical (unpaired) electrons. The molecule has 0 spiro atoms. The summed E-state index contributed by atoms with van der Waals surface area (Å²) in [4.78, 5) is 17.4. The SMILES string of the molecule is Fc1ccc(CN2CCN(c3ccnc(-c4cnc5ccc(C(F)(F)F)cn45)n3)CC2c2cn[nH]c2)cc1F. The van der Waals surface area contributed by atoms with Crippen molar-refractivity contribution in [1.82, 2.24) is 34.4 Å². The second kappa shape index (κ2) is 9.73. The van der Waals surface area contributed by atoms with Gasteiger partial charge in [-0.05, 0) is 35.9 Å². The van der Waals surface area contributed by atoms with Crippen molar-refractivity contribution in [3.63, 3.8) is 0 Å². The fourth-order valence-electron chi connectivity index (χ4n) is 4.81. The highest BCUT2D eigenvalue weighted by atomic mass is 19.4. The number of hydrogen-bond donors (Lipinski definition) is 1. The van der Waals surface area contributed by atoms with E-state index in [1.807, 2.05) is 0 Å². The van der Waals surface area contributed by atoms with E-state index in [2.05, 4.69) is 34.9 Å². The Balaban J connectivity index is 1.28. The Kier molecular flexibility index (Phi) is 6.22. The van der Waals surface area contributed by atoms with Gasteiger partial charge in [0.1, 0.15) is 17.2 Å². The average Bonchev–Trinajstić information content (AvgIpc) is 3.61. The maximum atomic E-state index is 13.8. The number of aromatic amines is 1. The lowest BCUT2D eigenvalue weighted by Crippen LogP contribution is -2.48. The number of rotatable bonds is 5. The molecule has 6 rings (SSSR count). The molecule has 5 aromatic rings. The average molecular weight is 541 g/mol. The van der Waals surface area contributed by atoms with E-state index in [1.54, 1.807) is 30.7 Å². The molecule has 1 unspecified atom stereocenters. The van der Waals surface area contributed by atoms with Gasteiger partial charge in [-0.3, -0.25) is 14.4 Å². The molecule has 1 N–H and O–H groups in total. The molecule has 1 aliphatic rings. The molecule has 1 aliphatic heterocycles. The molecular weight excluding hydrogens is 519 g/mol. The van der Waals surface area contributed by atoms with E-state index < -0.39 is 23.4 Å². The number of aromatic nitrogens is 6. The number of anilines is 1. The zero-order valence-corrected chi connectivity index (χ0v) is 20.3. The van der Waals surface area contributed by atoms with E-state index in [0.29, 0.717) is 48.9 Å². The lowest BCUT2D eigenvalue weighted by Gasteiger charge is -2.41. The third-order valence-corrected chi connectivity index (χ3v) is 6.79. The number of halogens is 5. The minimum atomic E-state index is -4.50. The molecule has 0 bridgehead atoms. The number of pyridine rings is 1. The van der Waals surface area contributed by atoms with Gasteiger partial charge in [0.15, 0.2) is 17.5 Å². The monoisotopic (exact) mass is 540 g/mol. The molecule has 1 atom stereocenters. The van der Waals surface area contributed by atoms with E-state index in [1.165, 1.54) is 22.7 Å². The van der Waals surface area contributed by atoms with Gasteiger partial charge in [0, 0.05) is 50.3 Å². The summed E-state index contributed by atoms with van der Waals surface area (Å²) < 4.78 is 68.5. The number of nitrogens with zero attached hydrogens (tertiary/aromatic N) is 7. The van der Waals surface area contributed by atoms with Crippen molar-refractivity contribution >= 4 is 11.5 Å². The first-order valence-electron chi connectivity index (χ1n) is 12.1. The van der Waals surface area contributed by atoms with Gasteiger partial charge in [0.2, 0.25) is 0 Å². The van der Waals surface area contributed by atoms with E-state index in [0.717, 1.165) is 23.9 Å². The van der Waals surface area contributed by atoms with Crippen molar-refractivity contribution in [1.29, 1.82) is 0 Å². The Morgan fingerprint density at radius 1 is 0.974 bits per heavy atom. The van der Waals surface area contributed by atoms with Gasteiger partial charge < -0.3 is 4.90 Å². The van der Waals surface area contributed by atoms with Crippen molar-refractivity contribution in [3.05, 3.63) is 95.7 Å². The minimum absolute atomic E-state index is 0.144. The summed E-state index contributed by atoms with van der Waals surface area (Å²) in [7, 11) is 0. The number of imidazole rings is 1. The van der Waals surface area contributed by atoms with Crippen LogP contribution >= 0.6 is 0 Å². The number of nitrogens with one attached hydrogen (secondary N) is 1. The normalized spacial score (nSPS) is 16.7. The number of hydrogen-bond acceptors (Lipinski definition) is 6. The number of benzene rings is 1. The van der Waals surface area contributed by atoms with Crippen molar-refractivity contribution in [2.45, 2.75) is 18.8 Å². The van der Waals surface area contributed by atoms with Gasteiger partial charge in [-0.15, -0.1) is 0 Å². The molecule has 1 aromatic carbocycles. The zero-order valence-electron chi connectivity index (χ0n) is 20.3. The van der Waals surface area contributed by atoms with Crippen LogP contribution in [0.4, 0.5) is 27.8 Å². The molecule has 4 aromatic heterocycles. The lowest BCUT2D eigenvalue weighted by molar-refractivity contribution is -0.137. The summed E-state index contributed by atoms with van der Waals surface area (Å²) in [5.41, 5.74) is 1.44. The van der Waals surface area contributed by atoms with Crippen molar-refractivity contribution in [2.75, 3.05) is 24.5 Å². The highest BCUT2D eigenvalue weighted by Gasteiger charge is 2.32.